The van der Waals surface area contributed by atoms with Crippen LogP contribution in [0.15, 0.2) is 23.0 Å². The lowest BCUT2D eigenvalue weighted by molar-refractivity contribution is -0.230. The fraction of sp³-hybridized carbons (Fsp3) is 0.517. The highest BCUT2D eigenvalue weighted by molar-refractivity contribution is 6.22. The molecule has 14 heteroatoms. The fourth-order valence-electron chi connectivity index (χ4n) is 6.10. The summed E-state index contributed by atoms with van der Waals surface area (Å²) in [7, 11) is 6.50. The van der Waals surface area contributed by atoms with Gasteiger partial charge in [-0.3, -0.25) is 19.3 Å². The first-order chi connectivity index (χ1) is 19.8. The van der Waals surface area contributed by atoms with Gasteiger partial charge in [0.15, 0.2) is 11.5 Å². The lowest BCUT2D eigenvalue weighted by atomic mass is 9.70. The summed E-state index contributed by atoms with van der Waals surface area (Å²) < 4.78 is 5.39. The number of benzene rings is 1. The van der Waals surface area contributed by atoms with Gasteiger partial charge in [0.05, 0.1) is 35.3 Å². The molecule has 1 saturated heterocycles. The molecular weight excluding hydrogens is 562 g/mol. The fourth-order valence-corrected chi connectivity index (χ4v) is 6.10. The topological polar surface area (TPSA) is 215 Å². The van der Waals surface area contributed by atoms with Crippen molar-refractivity contribution in [2.75, 3.05) is 45.0 Å². The molecule has 1 fully saturated rings. The first kappa shape index (κ1) is 31.8. The first-order valence-electron chi connectivity index (χ1n) is 13.7. The second-order valence-corrected chi connectivity index (χ2v) is 12.6. The van der Waals surface area contributed by atoms with E-state index in [0.29, 0.717) is 11.3 Å². The van der Waals surface area contributed by atoms with Gasteiger partial charge in [0.25, 0.3) is 11.7 Å². The molecule has 1 unspecified atom stereocenters. The van der Waals surface area contributed by atoms with Gasteiger partial charge in [0.2, 0.25) is 5.91 Å². The third-order valence-corrected chi connectivity index (χ3v) is 8.05. The van der Waals surface area contributed by atoms with Crippen LogP contribution in [-0.2, 0) is 30.3 Å². The summed E-state index contributed by atoms with van der Waals surface area (Å²) in [5, 5.41) is 51.0. The number of esters is 1. The lowest BCUT2D eigenvalue weighted by Crippen LogP contribution is -2.60. The Balaban J connectivity index is 1.86. The van der Waals surface area contributed by atoms with Crippen molar-refractivity contribution in [3.8, 4) is 5.75 Å². The molecule has 43 heavy (non-hydrogen) atoms. The van der Waals surface area contributed by atoms with Crippen LogP contribution in [0.3, 0.4) is 0 Å². The number of aliphatic hydroxyl groups excluding tert-OH is 2. The average molecular weight is 602 g/mol. The zero-order chi connectivity index (χ0) is 32.3. The standard InChI is InChI=1S/C29H39N5O9/c1-28(2,3)31-11-17(35)32-15-10-16(33(4)5)13-8-12-9-14-21(34(6)7)24(38)20(26(30)40)25(39)29(14,42)43-27(41)18(12)23(37)19(13)22(15)36/h10,12,14,21,31,36-37,39,42H,8-9,11H2,1-7H3,(H2,30,40)(H,32,35)/t12-,14-,21-,29?/m0/s1. The number of rotatable bonds is 6. The number of nitrogens with two attached hydrogens (primary N) is 1. The van der Waals surface area contributed by atoms with E-state index >= 15 is 0 Å². The number of carbonyl (C=O) groups is 4. The maximum atomic E-state index is 13.6. The molecule has 1 heterocycles. The van der Waals surface area contributed by atoms with Gasteiger partial charge in [-0.1, -0.05) is 0 Å². The molecule has 0 saturated carbocycles. The number of primary amides is 1. The van der Waals surface area contributed by atoms with Gasteiger partial charge >= 0.3 is 5.97 Å². The Morgan fingerprint density at radius 2 is 1.77 bits per heavy atom. The van der Waals surface area contributed by atoms with Crippen molar-refractivity contribution >= 4 is 40.7 Å². The van der Waals surface area contributed by atoms with Crippen LogP contribution in [0.25, 0.3) is 5.76 Å². The second-order valence-electron chi connectivity index (χ2n) is 12.6. The zero-order valence-electron chi connectivity index (χ0n) is 25.2. The van der Waals surface area contributed by atoms with E-state index in [9.17, 15) is 39.6 Å². The molecule has 0 spiro atoms. The van der Waals surface area contributed by atoms with E-state index in [4.69, 9.17) is 10.5 Å². The van der Waals surface area contributed by atoms with E-state index < -0.39 is 70.1 Å². The predicted molar refractivity (Wildman–Crippen MR) is 156 cm³/mol. The number of phenols is 1. The smallest absolute Gasteiger partial charge is 0.340 e. The van der Waals surface area contributed by atoms with Crippen LogP contribution >= 0.6 is 0 Å². The van der Waals surface area contributed by atoms with E-state index in [0.717, 1.165) is 0 Å². The number of anilines is 2. The maximum Gasteiger partial charge on any atom is 0.340 e. The summed E-state index contributed by atoms with van der Waals surface area (Å²) in [6.45, 7) is 5.61. The third-order valence-electron chi connectivity index (χ3n) is 8.05. The number of aromatic hydroxyl groups is 1. The molecule has 2 amide bonds. The molecule has 0 bridgehead atoms. The summed E-state index contributed by atoms with van der Waals surface area (Å²) in [4.78, 5) is 54.8. The molecule has 4 atom stereocenters. The third kappa shape index (κ3) is 5.41. The average Bonchev–Trinajstić information content (AvgIpc) is 2.97. The predicted octanol–water partition coefficient (Wildman–Crippen LogP) is 0.288. The van der Waals surface area contributed by atoms with E-state index in [-0.39, 0.29) is 41.7 Å². The number of nitrogens with one attached hydrogen (secondary N) is 2. The summed E-state index contributed by atoms with van der Waals surface area (Å²) in [6.07, 6.45) is -0.0882. The van der Waals surface area contributed by atoms with Crippen LogP contribution in [0.1, 0.15) is 38.3 Å². The van der Waals surface area contributed by atoms with Crippen molar-refractivity contribution in [2.24, 2.45) is 17.6 Å². The van der Waals surface area contributed by atoms with Crippen molar-refractivity contribution in [2.45, 2.75) is 51.0 Å². The number of amides is 2. The highest BCUT2D eigenvalue weighted by Crippen LogP contribution is 2.52. The van der Waals surface area contributed by atoms with Gasteiger partial charge in [-0.15, -0.1) is 0 Å². The van der Waals surface area contributed by atoms with E-state index in [1.165, 1.54) is 19.0 Å². The van der Waals surface area contributed by atoms with Gasteiger partial charge in [-0.25, -0.2) is 4.79 Å². The van der Waals surface area contributed by atoms with Gasteiger partial charge in [-0.05, 0) is 65.3 Å². The van der Waals surface area contributed by atoms with Crippen LogP contribution in [0, 0.1) is 11.8 Å². The van der Waals surface area contributed by atoms with Crippen molar-refractivity contribution in [1.29, 1.82) is 0 Å². The number of hydrogen-bond donors (Lipinski definition) is 7. The number of aliphatic hydroxyl groups is 3. The number of likely N-dealkylation sites (N-methyl/N-ethyl adjacent to an activating group) is 1. The Labute approximate surface area is 248 Å². The van der Waals surface area contributed by atoms with Crippen LogP contribution < -0.4 is 21.3 Å². The van der Waals surface area contributed by atoms with Crippen LogP contribution in [0.5, 0.6) is 5.75 Å². The van der Waals surface area contributed by atoms with Gasteiger partial charge < -0.3 is 46.4 Å². The summed E-state index contributed by atoms with van der Waals surface area (Å²) >= 11 is 0. The molecule has 1 aliphatic heterocycles. The molecule has 14 nitrogen and oxygen atoms in total. The van der Waals surface area contributed by atoms with E-state index in [1.807, 2.05) is 20.8 Å². The largest absolute Gasteiger partial charge is 0.507 e. The quantitative estimate of drug-likeness (QED) is 0.133. The monoisotopic (exact) mass is 601 g/mol. The number of carbonyl (C=O) groups excluding carboxylic acids is 4. The summed E-state index contributed by atoms with van der Waals surface area (Å²) in [6, 6.07) is 0.327. The zero-order valence-corrected chi connectivity index (χ0v) is 25.2. The lowest BCUT2D eigenvalue weighted by Gasteiger charge is -2.43. The Bertz CT molecular complexity index is 1470. The Kier molecular flexibility index (Phi) is 8.02. The highest BCUT2D eigenvalue weighted by atomic mass is 16.7. The number of fused-ring (bicyclic) bond motifs is 3. The number of hydrogen-bond acceptors (Lipinski definition) is 12. The number of nitrogens with zero attached hydrogens (tertiary/aromatic N) is 2. The normalized spacial score (nSPS) is 25.5. The molecule has 2 aliphatic carbocycles. The minimum absolute atomic E-state index is 0.00649. The Morgan fingerprint density at radius 1 is 1.14 bits per heavy atom. The van der Waals surface area contributed by atoms with Gasteiger partial charge in [0.1, 0.15) is 17.1 Å². The molecule has 4 rings (SSSR count). The Hall–Kier alpha value is -4.14. The minimum atomic E-state index is -2.81. The molecule has 1 aromatic carbocycles. The summed E-state index contributed by atoms with van der Waals surface area (Å²) in [5.74, 6) is -11.1. The van der Waals surface area contributed by atoms with Crippen molar-refractivity contribution in [3.05, 3.63) is 34.1 Å². The summed E-state index contributed by atoms with van der Waals surface area (Å²) in [5.41, 5.74) is 4.67. The number of phenolic OH excluding ortho intramolecular Hbond substituents is 1. The van der Waals surface area contributed by atoms with E-state index in [2.05, 4.69) is 10.6 Å². The van der Waals surface area contributed by atoms with E-state index in [1.54, 1.807) is 25.1 Å². The molecule has 234 valence electrons. The SMILES string of the molecule is CN(C)c1cc(NC(=O)CNC(C)(C)C)c(O)c2c1C[C@H]1C[C@H]3[C@H](N(C)C)C(=O)C(C(N)=O)=C(O)C3(O)OC(=O)C1=C2O. The minimum Gasteiger partial charge on any atom is -0.507 e. The van der Waals surface area contributed by atoms with Gasteiger partial charge in [0, 0.05) is 25.3 Å². The van der Waals surface area contributed by atoms with Crippen LogP contribution in [-0.4, -0.2) is 101 Å². The molecular formula is C29H39N5O9. The number of Topliss-reactive ketones (excluding diaryl/α,β-unsaturated/α-hetero) is 1. The second kappa shape index (κ2) is 10.8. The van der Waals surface area contributed by atoms with Crippen molar-refractivity contribution < 1.29 is 44.3 Å². The highest BCUT2D eigenvalue weighted by Gasteiger charge is 2.61. The molecule has 1 aromatic rings. The first-order valence-corrected chi connectivity index (χ1v) is 13.7. The Morgan fingerprint density at radius 3 is 2.30 bits per heavy atom. The molecule has 3 aliphatic rings. The molecule has 0 radical (unpaired) electrons. The molecule has 8 N–H and O–H groups in total. The maximum absolute atomic E-state index is 13.6. The molecule has 0 aromatic heterocycles. The number of ether oxygens (including phenoxy) is 1. The van der Waals surface area contributed by atoms with Gasteiger partial charge in [-0.2, -0.15) is 0 Å². The van der Waals surface area contributed by atoms with Crippen molar-refractivity contribution in [3.63, 3.8) is 0 Å². The van der Waals surface area contributed by atoms with Crippen molar-refractivity contribution in [1.82, 2.24) is 10.2 Å². The van der Waals surface area contributed by atoms with Crippen LogP contribution in [0.2, 0.25) is 0 Å². The number of ketones is 1. The van der Waals surface area contributed by atoms with Crippen LogP contribution in [0.4, 0.5) is 11.4 Å².